The summed E-state index contributed by atoms with van der Waals surface area (Å²) in [5.74, 6) is -1.61. The van der Waals surface area contributed by atoms with E-state index in [1.165, 1.54) is 10.6 Å². The average molecular weight is 399 g/mol. The van der Waals surface area contributed by atoms with E-state index in [1.54, 1.807) is 26.0 Å². The predicted octanol–water partition coefficient (Wildman–Crippen LogP) is 2.39. The molecule has 0 bridgehead atoms. The van der Waals surface area contributed by atoms with Crippen LogP contribution in [0.5, 0.6) is 5.88 Å². The zero-order chi connectivity index (χ0) is 21.1. The lowest BCUT2D eigenvalue weighted by Crippen LogP contribution is -2.36. The van der Waals surface area contributed by atoms with E-state index in [1.807, 2.05) is 6.07 Å². The Morgan fingerprint density at radius 1 is 1.34 bits per heavy atom. The summed E-state index contributed by atoms with van der Waals surface area (Å²) in [5, 5.41) is 15.7. The smallest absolute Gasteiger partial charge is 0.255 e. The normalized spacial score (nSPS) is 11.9. The van der Waals surface area contributed by atoms with Crippen LogP contribution in [0.2, 0.25) is 0 Å². The Morgan fingerprint density at radius 2 is 2.03 bits per heavy atom. The van der Waals surface area contributed by atoms with Crippen LogP contribution in [0.4, 0.5) is 8.78 Å². The third-order valence-electron chi connectivity index (χ3n) is 4.32. The summed E-state index contributed by atoms with van der Waals surface area (Å²) in [6.07, 6.45) is 0. The molecule has 0 aliphatic carbocycles. The van der Waals surface area contributed by atoms with Crippen molar-refractivity contribution in [1.29, 1.82) is 5.26 Å². The molecule has 3 aromatic rings. The fraction of sp³-hybridized carbons (Fsp3) is 0.250. The third-order valence-corrected chi connectivity index (χ3v) is 4.32. The molecule has 0 aliphatic heterocycles. The molecular weight excluding hydrogens is 380 g/mol. The number of nitrogens with two attached hydrogens (primary N) is 1. The summed E-state index contributed by atoms with van der Waals surface area (Å²) in [6.45, 7) is 3.11. The molecule has 0 radical (unpaired) electrons. The number of ether oxygens (including phenoxy) is 1. The second kappa shape index (κ2) is 8.24. The van der Waals surface area contributed by atoms with E-state index in [2.05, 4.69) is 10.4 Å². The first-order chi connectivity index (χ1) is 13.8. The molecule has 2 aromatic heterocycles. The summed E-state index contributed by atoms with van der Waals surface area (Å²) in [6, 6.07) is 8.00. The lowest BCUT2D eigenvalue weighted by atomic mass is 10.1. The number of halogens is 2. The van der Waals surface area contributed by atoms with Gasteiger partial charge in [-0.25, -0.2) is 8.78 Å². The first-order valence-electron chi connectivity index (χ1n) is 8.81. The molecule has 0 aliphatic rings. The molecule has 9 heteroatoms. The Labute approximate surface area is 165 Å². The van der Waals surface area contributed by atoms with E-state index in [4.69, 9.17) is 15.7 Å². The number of nitriles is 1. The monoisotopic (exact) mass is 399 g/mol. The number of carbonyl (C=O) groups is 1. The van der Waals surface area contributed by atoms with Gasteiger partial charge in [-0.3, -0.25) is 4.79 Å². The van der Waals surface area contributed by atoms with Gasteiger partial charge in [0.25, 0.3) is 5.91 Å². The van der Waals surface area contributed by atoms with Crippen molar-refractivity contribution in [3.63, 3.8) is 0 Å². The molecule has 3 rings (SSSR count). The van der Waals surface area contributed by atoms with E-state index >= 15 is 0 Å². The molecule has 7 nitrogen and oxygen atoms in total. The van der Waals surface area contributed by atoms with Gasteiger partial charge < -0.3 is 15.8 Å². The predicted molar refractivity (Wildman–Crippen MR) is 101 cm³/mol. The number of fused-ring (bicyclic) bond motifs is 1. The van der Waals surface area contributed by atoms with Gasteiger partial charge in [0.05, 0.1) is 28.4 Å². The fourth-order valence-corrected chi connectivity index (χ4v) is 2.90. The summed E-state index contributed by atoms with van der Waals surface area (Å²) >= 11 is 0. The SMILES string of the molecule is Cc1cc(OCc2c(F)cccc2F)n2nc(C)c(C(=O)NCC(N)C#N)c2c1. The highest BCUT2D eigenvalue weighted by atomic mass is 19.1. The molecule has 0 saturated carbocycles. The average Bonchev–Trinajstić information content (AvgIpc) is 3.01. The van der Waals surface area contributed by atoms with E-state index < -0.39 is 23.6 Å². The van der Waals surface area contributed by atoms with Gasteiger partial charge in [0.2, 0.25) is 5.88 Å². The standard InChI is InChI=1S/C20H19F2N5O2/c1-11-6-17-19(20(28)25-9-13(24)8-23)12(2)26-27(17)18(7-11)29-10-14-15(21)4-3-5-16(14)22/h3-7,13H,9-10,24H2,1-2H3,(H,25,28). The molecular formula is C20H19F2N5O2. The first kappa shape index (κ1) is 20.2. The number of rotatable bonds is 6. The minimum absolute atomic E-state index is 0.00610. The van der Waals surface area contributed by atoms with Gasteiger partial charge in [-0.05, 0) is 37.6 Å². The zero-order valence-electron chi connectivity index (χ0n) is 15.9. The minimum Gasteiger partial charge on any atom is -0.473 e. The van der Waals surface area contributed by atoms with Crippen molar-refractivity contribution in [3.05, 3.63) is 64.4 Å². The van der Waals surface area contributed by atoms with E-state index in [0.29, 0.717) is 16.8 Å². The first-order valence-corrected chi connectivity index (χ1v) is 8.81. The number of pyridine rings is 1. The van der Waals surface area contributed by atoms with Gasteiger partial charge in [-0.1, -0.05) is 6.07 Å². The second-order valence-corrected chi connectivity index (χ2v) is 6.56. The Kier molecular flexibility index (Phi) is 5.75. The lowest BCUT2D eigenvalue weighted by Gasteiger charge is -2.11. The molecule has 0 fully saturated rings. The maximum Gasteiger partial charge on any atom is 0.255 e. The van der Waals surface area contributed by atoms with Crippen molar-refractivity contribution in [2.24, 2.45) is 5.73 Å². The molecule has 1 amide bonds. The number of benzene rings is 1. The van der Waals surface area contributed by atoms with Crippen LogP contribution in [0.3, 0.4) is 0 Å². The number of amides is 1. The van der Waals surface area contributed by atoms with Gasteiger partial charge in [-0.2, -0.15) is 14.9 Å². The molecule has 0 saturated heterocycles. The van der Waals surface area contributed by atoms with Crippen LogP contribution in [0.1, 0.15) is 27.2 Å². The quantitative estimate of drug-likeness (QED) is 0.662. The highest BCUT2D eigenvalue weighted by Crippen LogP contribution is 2.24. The van der Waals surface area contributed by atoms with Crippen LogP contribution in [-0.4, -0.2) is 28.1 Å². The molecule has 2 heterocycles. The topological polar surface area (TPSA) is 105 Å². The molecule has 1 atom stereocenters. The Bertz CT molecular complexity index is 1100. The molecule has 1 unspecified atom stereocenters. The Balaban J connectivity index is 1.94. The summed E-state index contributed by atoms with van der Waals surface area (Å²) < 4.78 is 34.8. The van der Waals surface area contributed by atoms with Gasteiger partial charge in [0.15, 0.2) is 0 Å². The third kappa shape index (κ3) is 4.17. The largest absolute Gasteiger partial charge is 0.473 e. The lowest BCUT2D eigenvalue weighted by molar-refractivity contribution is 0.0954. The van der Waals surface area contributed by atoms with Crippen LogP contribution in [0.15, 0.2) is 30.3 Å². The number of aromatic nitrogens is 2. The Morgan fingerprint density at radius 3 is 2.69 bits per heavy atom. The molecule has 150 valence electrons. The van der Waals surface area contributed by atoms with Crippen LogP contribution < -0.4 is 15.8 Å². The summed E-state index contributed by atoms with van der Waals surface area (Å²) in [7, 11) is 0. The highest BCUT2D eigenvalue weighted by molar-refractivity contribution is 6.02. The van der Waals surface area contributed by atoms with E-state index in [9.17, 15) is 13.6 Å². The maximum atomic E-state index is 13.9. The molecule has 3 N–H and O–H groups in total. The van der Waals surface area contributed by atoms with Crippen LogP contribution in [0.25, 0.3) is 5.52 Å². The summed E-state index contributed by atoms with van der Waals surface area (Å²) in [5.41, 5.74) is 7.29. The van der Waals surface area contributed by atoms with Crippen molar-refractivity contribution >= 4 is 11.4 Å². The van der Waals surface area contributed by atoms with Crippen molar-refractivity contribution in [2.75, 3.05) is 6.54 Å². The highest BCUT2D eigenvalue weighted by Gasteiger charge is 2.20. The Hall–Kier alpha value is -3.51. The van der Waals surface area contributed by atoms with Crippen molar-refractivity contribution in [1.82, 2.24) is 14.9 Å². The van der Waals surface area contributed by atoms with Gasteiger partial charge in [0.1, 0.15) is 24.3 Å². The number of aryl methyl sites for hydroxylation is 2. The number of carbonyl (C=O) groups excluding carboxylic acids is 1. The molecule has 29 heavy (non-hydrogen) atoms. The van der Waals surface area contributed by atoms with Gasteiger partial charge >= 0.3 is 0 Å². The molecule has 1 aromatic carbocycles. The minimum atomic E-state index is -0.822. The van der Waals surface area contributed by atoms with Crippen LogP contribution in [0, 0.1) is 36.8 Å². The molecule has 0 spiro atoms. The van der Waals surface area contributed by atoms with Crippen LogP contribution >= 0.6 is 0 Å². The van der Waals surface area contributed by atoms with Crippen LogP contribution in [-0.2, 0) is 6.61 Å². The maximum absolute atomic E-state index is 13.9. The van der Waals surface area contributed by atoms with E-state index in [-0.39, 0.29) is 24.6 Å². The summed E-state index contributed by atoms with van der Waals surface area (Å²) in [4.78, 5) is 12.6. The second-order valence-electron chi connectivity index (χ2n) is 6.56. The van der Waals surface area contributed by atoms with Crippen molar-refractivity contribution < 1.29 is 18.3 Å². The number of hydrogen-bond donors (Lipinski definition) is 2. The van der Waals surface area contributed by atoms with E-state index in [0.717, 1.165) is 17.7 Å². The van der Waals surface area contributed by atoms with Gasteiger partial charge in [0, 0.05) is 12.6 Å². The number of nitrogens with one attached hydrogen (secondary N) is 1. The fourth-order valence-electron chi connectivity index (χ4n) is 2.90. The number of hydrogen-bond acceptors (Lipinski definition) is 5. The van der Waals surface area contributed by atoms with Gasteiger partial charge in [-0.15, -0.1) is 0 Å². The van der Waals surface area contributed by atoms with Crippen molar-refractivity contribution in [3.8, 4) is 11.9 Å². The number of nitrogens with zero attached hydrogens (tertiary/aromatic N) is 3. The zero-order valence-corrected chi connectivity index (χ0v) is 15.9. The van der Waals surface area contributed by atoms with Crippen molar-refractivity contribution in [2.45, 2.75) is 26.5 Å².